The third-order valence-corrected chi connectivity index (χ3v) is 5.66. The zero-order valence-corrected chi connectivity index (χ0v) is 15.8. The highest BCUT2D eigenvalue weighted by Gasteiger charge is 2.24. The number of fused-ring (bicyclic) bond motifs is 1. The van der Waals surface area contributed by atoms with Crippen LogP contribution in [-0.2, 0) is 6.54 Å². The van der Waals surface area contributed by atoms with E-state index in [9.17, 15) is 0 Å². The molecule has 5 rings (SSSR count). The second kappa shape index (κ2) is 7.25. The molecule has 0 bridgehead atoms. The third-order valence-electron chi connectivity index (χ3n) is 5.66. The molecule has 142 valence electrons. The lowest BCUT2D eigenvalue weighted by Gasteiger charge is -2.13. The molecule has 6 heteroatoms. The van der Waals surface area contributed by atoms with Crippen molar-refractivity contribution < 1.29 is 4.74 Å². The summed E-state index contributed by atoms with van der Waals surface area (Å²) in [5.74, 6) is 1.92. The van der Waals surface area contributed by atoms with E-state index in [0.29, 0.717) is 29.9 Å². The zero-order valence-electron chi connectivity index (χ0n) is 15.8. The van der Waals surface area contributed by atoms with Gasteiger partial charge in [0.1, 0.15) is 5.52 Å². The van der Waals surface area contributed by atoms with Gasteiger partial charge in [-0.2, -0.15) is 10.4 Å². The number of rotatable bonds is 6. The first-order valence-electron chi connectivity index (χ1n) is 10.0. The highest BCUT2D eigenvalue weighted by molar-refractivity contribution is 5.83. The molecule has 1 aliphatic carbocycles. The number of pyridine rings is 1. The molecule has 1 saturated heterocycles. The summed E-state index contributed by atoms with van der Waals surface area (Å²) in [6.45, 7) is 3.73. The largest absolute Gasteiger partial charge is 0.477 e. The molecule has 6 nitrogen and oxygen atoms in total. The molecule has 2 aliphatic rings. The fourth-order valence-electron chi connectivity index (χ4n) is 3.77. The summed E-state index contributed by atoms with van der Waals surface area (Å²) in [4.78, 5) is 4.80. The van der Waals surface area contributed by atoms with E-state index in [2.05, 4.69) is 27.2 Å². The van der Waals surface area contributed by atoms with Gasteiger partial charge in [0.15, 0.2) is 0 Å². The van der Waals surface area contributed by atoms with Crippen LogP contribution < -0.4 is 10.1 Å². The summed E-state index contributed by atoms with van der Waals surface area (Å²) in [7, 11) is 0. The van der Waals surface area contributed by atoms with Crippen molar-refractivity contribution in [3.63, 3.8) is 0 Å². The van der Waals surface area contributed by atoms with Crippen molar-refractivity contribution in [2.75, 3.05) is 19.7 Å². The minimum atomic E-state index is 0.604. The smallest absolute Gasteiger partial charge is 0.222 e. The molecule has 3 heterocycles. The van der Waals surface area contributed by atoms with Crippen molar-refractivity contribution in [2.45, 2.75) is 25.8 Å². The van der Waals surface area contributed by atoms with Crippen LogP contribution in [0.25, 0.3) is 22.2 Å². The molecule has 0 amide bonds. The molecule has 0 spiro atoms. The van der Waals surface area contributed by atoms with Gasteiger partial charge in [-0.05, 0) is 68.0 Å². The lowest BCUT2D eigenvalue weighted by Crippen LogP contribution is -2.15. The second-order valence-electron chi connectivity index (χ2n) is 7.87. The number of ether oxygens (including phenoxy) is 1. The van der Waals surface area contributed by atoms with Gasteiger partial charge in [0, 0.05) is 12.1 Å². The lowest BCUT2D eigenvalue weighted by atomic mass is 10.0. The Hall–Kier alpha value is -2.91. The lowest BCUT2D eigenvalue weighted by molar-refractivity contribution is 0.291. The third kappa shape index (κ3) is 3.46. The van der Waals surface area contributed by atoms with Crippen molar-refractivity contribution in [1.29, 1.82) is 5.26 Å². The van der Waals surface area contributed by atoms with Crippen LogP contribution in [0.15, 0.2) is 36.5 Å². The molecular formula is C22H23N5O. The summed E-state index contributed by atoms with van der Waals surface area (Å²) in [6.07, 6.45) is 5.49. The number of nitrogens with zero attached hydrogens (tertiary/aromatic N) is 4. The van der Waals surface area contributed by atoms with Crippen molar-refractivity contribution in [2.24, 2.45) is 11.8 Å². The van der Waals surface area contributed by atoms with Crippen molar-refractivity contribution in [3.8, 4) is 23.1 Å². The average molecular weight is 373 g/mol. The summed E-state index contributed by atoms with van der Waals surface area (Å²) in [5.41, 5.74) is 4.52. The monoisotopic (exact) mass is 373 g/mol. The Morgan fingerprint density at radius 2 is 2.04 bits per heavy atom. The number of nitrogens with one attached hydrogen (secondary N) is 1. The first-order valence-corrected chi connectivity index (χ1v) is 10.0. The maximum Gasteiger partial charge on any atom is 0.222 e. The molecule has 1 aliphatic heterocycles. The maximum atomic E-state index is 9.09. The molecule has 0 radical (unpaired) electrons. The first-order chi connectivity index (χ1) is 13.8. The highest BCUT2D eigenvalue weighted by atomic mass is 16.5. The standard InChI is InChI=1S/C22H23N5O/c23-10-15-3-5-18(6-4-15)19-9-21-20(26-22(19)28-14-16-1-2-16)12-25-27(21)13-17-7-8-24-11-17/h3-6,9,12,16-17,24H,1-2,7-8,11,13-14H2/t17-/m0/s1. The second-order valence-corrected chi connectivity index (χ2v) is 7.87. The Bertz CT molecular complexity index is 1020. The van der Waals surface area contributed by atoms with Gasteiger partial charge in [-0.25, -0.2) is 4.98 Å². The molecule has 1 N–H and O–H groups in total. The predicted molar refractivity (Wildman–Crippen MR) is 107 cm³/mol. The molecule has 28 heavy (non-hydrogen) atoms. The maximum absolute atomic E-state index is 9.09. The summed E-state index contributed by atoms with van der Waals surface area (Å²) in [6, 6.07) is 11.9. The molecule has 1 atom stereocenters. The van der Waals surface area contributed by atoms with Crippen LogP contribution in [0.3, 0.4) is 0 Å². The molecule has 2 aromatic heterocycles. The van der Waals surface area contributed by atoms with E-state index in [1.807, 2.05) is 30.5 Å². The molecule has 3 aromatic rings. The summed E-state index contributed by atoms with van der Waals surface area (Å²) < 4.78 is 8.17. The van der Waals surface area contributed by atoms with E-state index in [1.54, 1.807) is 0 Å². The van der Waals surface area contributed by atoms with Crippen molar-refractivity contribution in [3.05, 3.63) is 42.1 Å². The topological polar surface area (TPSA) is 75.8 Å². The predicted octanol–water partition coefficient (Wildman–Crippen LogP) is 3.37. The van der Waals surface area contributed by atoms with Gasteiger partial charge in [0.25, 0.3) is 0 Å². The van der Waals surface area contributed by atoms with Gasteiger partial charge in [-0.3, -0.25) is 4.68 Å². The number of hydrogen-bond acceptors (Lipinski definition) is 5. The normalized spacial score (nSPS) is 19.0. The number of nitriles is 1. The van der Waals surface area contributed by atoms with Gasteiger partial charge in [-0.15, -0.1) is 0 Å². The van der Waals surface area contributed by atoms with Gasteiger partial charge in [-0.1, -0.05) is 12.1 Å². The Balaban J connectivity index is 1.54. The molecule has 2 fully saturated rings. The zero-order chi connectivity index (χ0) is 18.9. The van der Waals surface area contributed by atoms with Crippen molar-refractivity contribution >= 4 is 11.0 Å². The Morgan fingerprint density at radius 1 is 1.18 bits per heavy atom. The Labute approximate surface area is 164 Å². The van der Waals surface area contributed by atoms with Crippen LogP contribution in [0.1, 0.15) is 24.8 Å². The van der Waals surface area contributed by atoms with E-state index >= 15 is 0 Å². The van der Waals surface area contributed by atoms with Gasteiger partial charge in [0.2, 0.25) is 5.88 Å². The van der Waals surface area contributed by atoms with Crippen LogP contribution in [0.5, 0.6) is 5.88 Å². The molecule has 1 aromatic carbocycles. The average Bonchev–Trinajstić information content (AvgIpc) is 3.27. The van der Waals surface area contributed by atoms with Gasteiger partial charge in [0.05, 0.1) is 30.0 Å². The first kappa shape index (κ1) is 17.2. The van der Waals surface area contributed by atoms with E-state index in [4.69, 9.17) is 15.0 Å². The fourth-order valence-corrected chi connectivity index (χ4v) is 3.77. The van der Waals surface area contributed by atoms with E-state index in [-0.39, 0.29) is 0 Å². The van der Waals surface area contributed by atoms with Gasteiger partial charge < -0.3 is 10.1 Å². The minimum Gasteiger partial charge on any atom is -0.477 e. The van der Waals surface area contributed by atoms with Crippen LogP contribution in [-0.4, -0.2) is 34.5 Å². The molecule has 0 unspecified atom stereocenters. The van der Waals surface area contributed by atoms with E-state index < -0.39 is 0 Å². The van der Waals surface area contributed by atoms with E-state index in [1.165, 1.54) is 19.3 Å². The summed E-state index contributed by atoms with van der Waals surface area (Å²) >= 11 is 0. The number of aromatic nitrogens is 3. The number of benzene rings is 1. The minimum absolute atomic E-state index is 0.604. The highest BCUT2D eigenvalue weighted by Crippen LogP contribution is 2.35. The Morgan fingerprint density at radius 3 is 2.75 bits per heavy atom. The van der Waals surface area contributed by atoms with Crippen LogP contribution >= 0.6 is 0 Å². The summed E-state index contributed by atoms with van der Waals surface area (Å²) in [5, 5.41) is 17.1. The molecule has 1 saturated carbocycles. The SMILES string of the molecule is N#Cc1ccc(-c2cc3c(cnn3C[C@H]3CCNC3)nc2OCC2CC2)cc1. The fraction of sp³-hybridized carbons (Fsp3) is 0.409. The Kier molecular flexibility index (Phi) is 4.46. The van der Waals surface area contributed by atoms with Crippen LogP contribution in [0, 0.1) is 23.2 Å². The van der Waals surface area contributed by atoms with Crippen LogP contribution in [0.4, 0.5) is 0 Å². The quantitative estimate of drug-likeness (QED) is 0.717. The van der Waals surface area contributed by atoms with Crippen molar-refractivity contribution in [1.82, 2.24) is 20.1 Å². The van der Waals surface area contributed by atoms with Gasteiger partial charge >= 0.3 is 0 Å². The number of hydrogen-bond donors (Lipinski definition) is 1. The van der Waals surface area contributed by atoms with Crippen LogP contribution in [0.2, 0.25) is 0 Å². The van der Waals surface area contributed by atoms with E-state index in [0.717, 1.165) is 41.8 Å². The molecular weight excluding hydrogens is 350 g/mol.